The van der Waals surface area contributed by atoms with Gasteiger partial charge in [-0.1, -0.05) is 41.9 Å². The van der Waals surface area contributed by atoms with E-state index in [1.54, 1.807) is 22.4 Å². The van der Waals surface area contributed by atoms with Crippen LogP contribution in [0.5, 0.6) is 0 Å². The third-order valence-corrected chi connectivity index (χ3v) is 6.69. The Hall–Kier alpha value is -3.09. The van der Waals surface area contributed by atoms with Gasteiger partial charge in [0.2, 0.25) is 5.78 Å². The van der Waals surface area contributed by atoms with Crippen LogP contribution in [0.25, 0.3) is 0 Å². The number of hydrogen-bond acceptors (Lipinski definition) is 5. The molecular weight excluding hydrogens is 444 g/mol. The SMILES string of the molecule is CN(C)c1ccc(C2C(C(=O)c3cccs3)=C(O)C(=O)N2CCc2ccc(Cl)cc2)cc1. The molecule has 164 valence electrons. The smallest absolute Gasteiger partial charge is 0.290 e. The standard InChI is InChI=1S/C25H23ClN2O3S/c1-27(2)19-11-7-17(8-12-19)22-21(23(29)20-4-3-15-32-20)24(30)25(31)28(22)14-13-16-5-9-18(26)10-6-16/h3-12,15,22,30H,13-14H2,1-2H3. The highest BCUT2D eigenvalue weighted by atomic mass is 35.5. The van der Waals surface area contributed by atoms with Crippen molar-refractivity contribution < 1.29 is 14.7 Å². The first-order valence-corrected chi connectivity index (χ1v) is 11.5. The number of hydrogen-bond donors (Lipinski definition) is 1. The van der Waals surface area contributed by atoms with Gasteiger partial charge in [0.25, 0.3) is 5.91 Å². The van der Waals surface area contributed by atoms with E-state index in [0.29, 0.717) is 22.9 Å². The zero-order valence-corrected chi connectivity index (χ0v) is 19.4. The molecule has 0 bridgehead atoms. The van der Waals surface area contributed by atoms with Crippen molar-refractivity contribution >= 4 is 40.3 Å². The van der Waals surface area contributed by atoms with E-state index in [0.717, 1.165) is 16.8 Å². The van der Waals surface area contributed by atoms with Gasteiger partial charge in [0.15, 0.2) is 5.76 Å². The minimum atomic E-state index is -0.652. The number of thiophene rings is 1. The molecule has 0 spiro atoms. The van der Waals surface area contributed by atoms with E-state index in [2.05, 4.69) is 0 Å². The number of carbonyl (C=O) groups excluding carboxylic acids is 2. The van der Waals surface area contributed by atoms with Crippen molar-refractivity contribution in [2.24, 2.45) is 0 Å². The molecule has 1 aliphatic heterocycles. The van der Waals surface area contributed by atoms with E-state index in [1.807, 2.05) is 67.5 Å². The minimum absolute atomic E-state index is 0.131. The molecule has 0 aliphatic carbocycles. The number of carbonyl (C=O) groups is 2. The van der Waals surface area contributed by atoms with E-state index in [1.165, 1.54) is 11.3 Å². The van der Waals surface area contributed by atoms with E-state index < -0.39 is 17.7 Å². The summed E-state index contributed by atoms with van der Waals surface area (Å²) < 4.78 is 0. The van der Waals surface area contributed by atoms with Crippen LogP contribution in [0.4, 0.5) is 5.69 Å². The molecule has 0 radical (unpaired) electrons. The zero-order chi connectivity index (χ0) is 22.8. The fourth-order valence-corrected chi connectivity index (χ4v) is 4.66. The number of anilines is 1. The molecule has 2 aromatic carbocycles. The van der Waals surface area contributed by atoms with Crippen LogP contribution in [0, 0.1) is 0 Å². The maximum Gasteiger partial charge on any atom is 0.290 e. The Morgan fingerprint density at radius 1 is 1.09 bits per heavy atom. The summed E-state index contributed by atoms with van der Waals surface area (Å²) in [5.41, 5.74) is 2.93. The predicted molar refractivity (Wildman–Crippen MR) is 129 cm³/mol. The molecule has 4 rings (SSSR count). The van der Waals surface area contributed by atoms with Crippen molar-refractivity contribution in [3.63, 3.8) is 0 Å². The number of halogens is 1. The number of amides is 1. The minimum Gasteiger partial charge on any atom is -0.503 e. The van der Waals surface area contributed by atoms with Crippen molar-refractivity contribution in [2.75, 3.05) is 25.5 Å². The molecule has 7 heteroatoms. The Bertz CT molecular complexity index is 1150. The molecule has 1 unspecified atom stereocenters. The fraction of sp³-hybridized carbons (Fsp3) is 0.200. The fourth-order valence-electron chi connectivity index (χ4n) is 3.86. The first-order chi connectivity index (χ1) is 15.4. The van der Waals surface area contributed by atoms with Gasteiger partial charge in [0.05, 0.1) is 16.5 Å². The van der Waals surface area contributed by atoms with Crippen LogP contribution in [-0.2, 0) is 11.2 Å². The summed E-state index contributed by atoms with van der Waals surface area (Å²) in [6, 6.07) is 18.0. The zero-order valence-electron chi connectivity index (χ0n) is 17.8. The lowest BCUT2D eigenvalue weighted by molar-refractivity contribution is -0.129. The number of rotatable bonds is 7. The Balaban J connectivity index is 1.70. The topological polar surface area (TPSA) is 60.9 Å². The maximum atomic E-state index is 13.3. The molecule has 0 fully saturated rings. The van der Waals surface area contributed by atoms with Gasteiger partial charge in [-0.25, -0.2) is 0 Å². The van der Waals surface area contributed by atoms with Gasteiger partial charge >= 0.3 is 0 Å². The highest BCUT2D eigenvalue weighted by Gasteiger charge is 2.43. The second-order valence-corrected chi connectivity index (χ2v) is 9.22. The maximum absolute atomic E-state index is 13.3. The number of aliphatic hydroxyl groups excluding tert-OH is 1. The van der Waals surface area contributed by atoms with Gasteiger partial charge in [-0.15, -0.1) is 11.3 Å². The van der Waals surface area contributed by atoms with Gasteiger partial charge in [-0.05, 0) is 53.3 Å². The Morgan fingerprint density at radius 3 is 2.38 bits per heavy atom. The second kappa shape index (κ2) is 9.18. The molecule has 32 heavy (non-hydrogen) atoms. The average molecular weight is 467 g/mol. The van der Waals surface area contributed by atoms with Crippen LogP contribution in [0.2, 0.25) is 5.02 Å². The third-order valence-electron chi connectivity index (χ3n) is 5.57. The van der Waals surface area contributed by atoms with Crippen molar-refractivity contribution in [3.05, 3.63) is 98.4 Å². The summed E-state index contributed by atoms with van der Waals surface area (Å²) in [7, 11) is 3.90. The number of aliphatic hydroxyl groups is 1. The molecule has 0 saturated carbocycles. The molecular formula is C25H23ClN2O3S. The highest BCUT2D eigenvalue weighted by molar-refractivity contribution is 7.12. The van der Waals surface area contributed by atoms with Crippen molar-refractivity contribution in [1.82, 2.24) is 4.90 Å². The van der Waals surface area contributed by atoms with Crippen LogP contribution in [0.3, 0.4) is 0 Å². The highest BCUT2D eigenvalue weighted by Crippen LogP contribution is 2.40. The Labute approximate surface area is 196 Å². The molecule has 5 nitrogen and oxygen atoms in total. The number of ketones is 1. The normalized spacial score (nSPS) is 16.0. The number of nitrogens with zero attached hydrogens (tertiary/aromatic N) is 2. The average Bonchev–Trinajstić information content (AvgIpc) is 3.41. The largest absolute Gasteiger partial charge is 0.503 e. The van der Waals surface area contributed by atoms with Crippen molar-refractivity contribution in [3.8, 4) is 0 Å². The molecule has 1 amide bonds. The van der Waals surface area contributed by atoms with Crippen molar-refractivity contribution in [1.29, 1.82) is 0 Å². The van der Waals surface area contributed by atoms with Crippen LogP contribution in [-0.4, -0.2) is 42.3 Å². The van der Waals surface area contributed by atoms with E-state index in [9.17, 15) is 14.7 Å². The lowest BCUT2D eigenvalue weighted by Crippen LogP contribution is -2.33. The van der Waals surface area contributed by atoms with Gasteiger partial charge in [-0.2, -0.15) is 0 Å². The van der Waals surface area contributed by atoms with Crippen LogP contribution < -0.4 is 4.90 Å². The van der Waals surface area contributed by atoms with Crippen molar-refractivity contribution in [2.45, 2.75) is 12.5 Å². The van der Waals surface area contributed by atoms with Crippen LogP contribution in [0.15, 0.2) is 77.4 Å². The monoisotopic (exact) mass is 466 g/mol. The second-order valence-electron chi connectivity index (χ2n) is 7.83. The van der Waals surface area contributed by atoms with Gasteiger partial charge < -0.3 is 14.9 Å². The molecule has 2 heterocycles. The molecule has 1 atom stereocenters. The molecule has 0 saturated heterocycles. The molecule has 1 aliphatic rings. The third kappa shape index (κ3) is 4.29. The first-order valence-electron chi connectivity index (χ1n) is 10.2. The molecule has 3 aromatic rings. The van der Waals surface area contributed by atoms with E-state index >= 15 is 0 Å². The number of Topliss-reactive ketones (excluding diaryl/α,β-unsaturated/α-hetero) is 1. The molecule has 1 N–H and O–H groups in total. The van der Waals surface area contributed by atoms with Gasteiger partial charge in [-0.3, -0.25) is 9.59 Å². The van der Waals surface area contributed by atoms with Crippen LogP contribution in [0.1, 0.15) is 26.8 Å². The van der Waals surface area contributed by atoms with Gasteiger partial charge in [0.1, 0.15) is 0 Å². The summed E-state index contributed by atoms with van der Waals surface area (Å²) in [4.78, 5) is 30.4. The first kappa shape index (κ1) is 22.1. The predicted octanol–water partition coefficient (Wildman–Crippen LogP) is 5.29. The quantitative estimate of drug-likeness (QED) is 0.481. The summed E-state index contributed by atoms with van der Waals surface area (Å²) in [5.74, 6) is -1.32. The van der Waals surface area contributed by atoms with Crippen LogP contribution >= 0.6 is 22.9 Å². The summed E-state index contributed by atoms with van der Waals surface area (Å²) in [6.07, 6.45) is 0.572. The van der Waals surface area contributed by atoms with E-state index in [-0.39, 0.29) is 11.4 Å². The lowest BCUT2D eigenvalue weighted by Gasteiger charge is -2.27. The summed E-state index contributed by atoms with van der Waals surface area (Å²) >= 11 is 7.27. The van der Waals surface area contributed by atoms with E-state index in [4.69, 9.17) is 11.6 Å². The summed E-state index contributed by atoms with van der Waals surface area (Å²) in [6.45, 7) is 0.353. The lowest BCUT2D eigenvalue weighted by atomic mass is 9.95. The number of benzene rings is 2. The van der Waals surface area contributed by atoms with Gasteiger partial charge in [0, 0.05) is 31.4 Å². The summed E-state index contributed by atoms with van der Waals surface area (Å²) in [5, 5.41) is 13.2. The Kier molecular flexibility index (Phi) is 6.35. The molecule has 1 aromatic heterocycles. The Morgan fingerprint density at radius 2 is 1.78 bits per heavy atom.